The quantitative estimate of drug-likeness (QED) is 0.817. The average molecular weight is 287 g/mol. The van der Waals surface area contributed by atoms with E-state index in [9.17, 15) is 4.79 Å². The van der Waals surface area contributed by atoms with E-state index >= 15 is 0 Å². The second-order valence-corrected chi connectivity index (χ2v) is 5.67. The van der Waals surface area contributed by atoms with Crippen molar-refractivity contribution in [2.45, 2.75) is 19.8 Å². The summed E-state index contributed by atoms with van der Waals surface area (Å²) in [5.41, 5.74) is 8.32. The van der Waals surface area contributed by atoms with E-state index in [0.29, 0.717) is 5.56 Å². The van der Waals surface area contributed by atoms with Crippen molar-refractivity contribution in [1.82, 2.24) is 4.90 Å². The minimum Gasteiger partial charge on any atom is -0.369 e. The number of piperazine rings is 1. The van der Waals surface area contributed by atoms with Crippen molar-refractivity contribution in [2.24, 2.45) is 5.73 Å². The SMILES string of the molecule is C=C(CCC)CN1CCN(c2ccc(C(N)=O)cc2)CC1. The maximum absolute atomic E-state index is 11.1. The molecule has 2 N–H and O–H groups in total. The van der Waals surface area contributed by atoms with E-state index in [1.165, 1.54) is 12.0 Å². The molecule has 0 unspecified atom stereocenters. The van der Waals surface area contributed by atoms with Gasteiger partial charge in [0.1, 0.15) is 0 Å². The molecule has 4 heteroatoms. The number of amides is 1. The Morgan fingerprint density at radius 3 is 2.33 bits per heavy atom. The Balaban J connectivity index is 1.86. The van der Waals surface area contributed by atoms with Crippen LogP contribution < -0.4 is 10.6 Å². The van der Waals surface area contributed by atoms with Gasteiger partial charge < -0.3 is 10.6 Å². The van der Waals surface area contributed by atoms with Crippen LogP contribution in [0.2, 0.25) is 0 Å². The van der Waals surface area contributed by atoms with Crippen molar-refractivity contribution < 1.29 is 4.79 Å². The first-order valence-electron chi connectivity index (χ1n) is 7.64. The third kappa shape index (κ3) is 4.33. The van der Waals surface area contributed by atoms with Gasteiger partial charge in [0.05, 0.1) is 0 Å². The van der Waals surface area contributed by atoms with E-state index in [-0.39, 0.29) is 5.91 Å². The number of nitrogens with zero attached hydrogens (tertiary/aromatic N) is 2. The number of carbonyl (C=O) groups is 1. The zero-order valence-corrected chi connectivity index (χ0v) is 12.8. The van der Waals surface area contributed by atoms with Crippen molar-refractivity contribution in [3.63, 3.8) is 0 Å². The second kappa shape index (κ2) is 7.27. The lowest BCUT2D eigenvalue weighted by Crippen LogP contribution is -2.46. The number of hydrogen-bond donors (Lipinski definition) is 1. The Bertz CT molecular complexity index is 487. The summed E-state index contributed by atoms with van der Waals surface area (Å²) in [6.45, 7) is 11.5. The van der Waals surface area contributed by atoms with Crippen LogP contribution in [0, 0.1) is 0 Å². The summed E-state index contributed by atoms with van der Waals surface area (Å²) in [6, 6.07) is 7.55. The van der Waals surface area contributed by atoms with Crippen molar-refractivity contribution in [2.75, 3.05) is 37.6 Å². The summed E-state index contributed by atoms with van der Waals surface area (Å²) >= 11 is 0. The monoisotopic (exact) mass is 287 g/mol. The summed E-state index contributed by atoms with van der Waals surface area (Å²) in [7, 11) is 0. The first-order chi connectivity index (χ1) is 10.1. The first kappa shape index (κ1) is 15.6. The molecule has 4 nitrogen and oxygen atoms in total. The Labute approximate surface area is 127 Å². The summed E-state index contributed by atoms with van der Waals surface area (Å²) in [4.78, 5) is 15.9. The molecule has 0 bridgehead atoms. The van der Waals surface area contributed by atoms with E-state index in [1.807, 2.05) is 12.1 Å². The highest BCUT2D eigenvalue weighted by atomic mass is 16.1. The maximum Gasteiger partial charge on any atom is 0.248 e. The fourth-order valence-corrected chi connectivity index (χ4v) is 2.75. The molecule has 1 aliphatic rings. The van der Waals surface area contributed by atoms with Gasteiger partial charge in [-0.05, 0) is 30.7 Å². The molecule has 1 heterocycles. The van der Waals surface area contributed by atoms with Crippen molar-refractivity contribution in [3.05, 3.63) is 42.0 Å². The lowest BCUT2D eigenvalue weighted by molar-refractivity contribution is 0.100. The van der Waals surface area contributed by atoms with E-state index in [1.54, 1.807) is 12.1 Å². The minimum absolute atomic E-state index is 0.374. The molecule has 1 amide bonds. The Hall–Kier alpha value is -1.81. The lowest BCUT2D eigenvalue weighted by Gasteiger charge is -2.36. The molecule has 1 saturated heterocycles. The minimum atomic E-state index is -0.374. The molecule has 1 aromatic rings. The predicted molar refractivity (Wildman–Crippen MR) is 87.7 cm³/mol. The molecule has 0 aromatic heterocycles. The lowest BCUT2D eigenvalue weighted by atomic mass is 10.1. The average Bonchev–Trinajstić information content (AvgIpc) is 2.48. The van der Waals surface area contributed by atoms with E-state index in [0.717, 1.165) is 44.8 Å². The van der Waals surface area contributed by atoms with Gasteiger partial charge in [0.15, 0.2) is 0 Å². The summed E-state index contributed by atoms with van der Waals surface area (Å²) < 4.78 is 0. The number of primary amides is 1. The smallest absolute Gasteiger partial charge is 0.248 e. The number of hydrogen-bond acceptors (Lipinski definition) is 3. The van der Waals surface area contributed by atoms with Crippen molar-refractivity contribution >= 4 is 11.6 Å². The van der Waals surface area contributed by atoms with Crippen LogP contribution in [0.4, 0.5) is 5.69 Å². The van der Waals surface area contributed by atoms with Crippen LogP contribution in [0.1, 0.15) is 30.1 Å². The topological polar surface area (TPSA) is 49.6 Å². The fraction of sp³-hybridized carbons (Fsp3) is 0.471. The second-order valence-electron chi connectivity index (χ2n) is 5.67. The number of rotatable bonds is 6. The number of nitrogens with two attached hydrogens (primary N) is 1. The summed E-state index contributed by atoms with van der Waals surface area (Å²) in [5.74, 6) is -0.374. The Morgan fingerprint density at radius 1 is 1.19 bits per heavy atom. The van der Waals surface area contributed by atoms with E-state index in [2.05, 4.69) is 23.3 Å². The molecule has 1 aromatic carbocycles. The van der Waals surface area contributed by atoms with Gasteiger partial charge in [-0.15, -0.1) is 0 Å². The maximum atomic E-state index is 11.1. The molecule has 0 aliphatic carbocycles. The molecular weight excluding hydrogens is 262 g/mol. The van der Waals surface area contributed by atoms with Crippen LogP contribution in [-0.2, 0) is 0 Å². The van der Waals surface area contributed by atoms with Crippen LogP contribution in [0.3, 0.4) is 0 Å². The van der Waals surface area contributed by atoms with Crippen LogP contribution in [0.15, 0.2) is 36.4 Å². The van der Waals surface area contributed by atoms with Crippen LogP contribution >= 0.6 is 0 Å². The van der Waals surface area contributed by atoms with Crippen LogP contribution in [0.5, 0.6) is 0 Å². The number of anilines is 1. The summed E-state index contributed by atoms with van der Waals surface area (Å²) in [6.07, 6.45) is 2.29. The zero-order valence-electron chi connectivity index (χ0n) is 12.8. The molecule has 0 spiro atoms. The highest BCUT2D eigenvalue weighted by Crippen LogP contribution is 2.18. The Kier molecular flexibility index (Phi) is 5.39. The largest absolute Gasteiger partial charge is 0.369 e. The number of carbonyl (C=O) groups excluding carboxylic acids is 1. The van der Waals surface area contributed by atoms with Gasteiger partial charge in [-0.3, -0.25) is 9.69 Å². The Morgan fingerprint density at radius 2 is 1.81 bits per heavy atom. The van der Waals surface area contributed by atoms with Crippen LogP contribution in [0.25, 0.3) is 0 Å². The van der Waals surface area contributed by atoms with Gasteiger partial charge in [0.25, 0.3) is 0 Å². The van der Waals surface area contributed by atoms with Crippen molar-refractivity contribution in [3.8, 4) is 0 Å². The van der Waals surface area contributed by atoms with Gasteiger partial charge in [-0.1, -0.05) is 25.5 Å². The molecule has 114 valence electrons. The number of benzene rings is 1. The van der Waals surface area contributed by atoms with Gasteiger partial charge in [-0.2, -0.15) is 0 Å². The van der Waals surface area contributed by atoms with E-state index < -0.39 is 0 Å². The van der Waals surface area contributed by atoms with Gasteiger partial charge >= 0.3 is 0 Å². The molecule has 1 fully saturated rings. The highest BCUT2D eigenvalue weighted by Gasteiger charge is 2.17. The third-order valence-electron chi connectivity index (χ3n) is 3.94. The molecule has 2 rings (SSSR count). The normalized spacial score (nSPS) is 16.0. The van der Waals surface area contributed by atoms with Gasteiger partial charge in [-0.25, -0.2) is 0 Å². The van der Waals surface area contributed by atoms with Crippen LogP contribution in [-0.4, -0.2) is 43.5 Å². The predicted octanol–water partition coefficient (Wildman–Crippen LogP) is 2.26. The molecule has 0 saturated carbocycles. The van der Waals surface area contributed by atoms with Gasteiger partial charge in [0.2, 0.25) is 5.91 Å². The van der Waals surface area contributed by atoms with E-state index in [4.69, 9.17) is 5.73 Å². The van der Waals surface area contributed by atoms with Crippen molar-refractivity contribution in [1.29, 1.82) is 0 Å². The fourth-order valence-electron chi connectivity index (χ4n) is 2.75. The highest BCUT2D eigenvalue weighted by molar-refractivity contribution is 5.93. The molecule has 0 radical (unpaired) electrons. The first-order valence-corrected chi connectivity index (χ1v) is 7.64. The molecule has 1 aliphatic heterocycles. The summed E-state index contributed by atoms with van der Waals surface area (Å²) in [5, 5.41) is 0. The third-order valence-corrected chi connectivity index (χ3v) is 3.94. The molecular formula is C17H25N3O. The molecule has 21 heavy (non-hydrogen) atoms. The molecule has 0 atom stereocenters. The van der Waals surface area contributed by atoms with Gasteiger partial charge in [0, 0.05) is 44.0 Å². The zero-order chi connectivity index (χ0) is 15.2. The standard InChI is InChI=1S/C17H25N3O/c1-3-4-14(2)13-19-9-11-20(12-10-19)16-7-5-15(6-8-16)17(18)21/h5-8H,2-4,9-13H2,1H3,(H2,18,21).